The SMILES string of the molecule is Nc1ccc(NCCNc2nc(-c3ccc(Cl)cc3Cl)nc3ccccc23)nc1. The monoisotopic (exact) mass is 424 g/mol. The number of hydrogen-bond acceptors (Lipinski definition) is 6. The molecule has 4 rings (SSSR count). The van der Waals surface area contributed by atoms with Crippen molar-refractivity contribution in [3.05, 3.63) is 70.8 Å². The molecule has 0 aliphatic heterocycles. The number of nitrogens with zero attached hydrogens (tertiary/aromatic N) is 3. The standard InChI is InChI=1S/C21H18Cl2N6/c22-13-5-7-15(17(23)11-13)21-28-18-4-2-1-3-16(18)20(29-21)26-10-9-25-19-8-6-14(24)12-27-19/h1-8,11-12H,9-10,24H2,(H,25,27)(H,26,28,29). The second kappa shape index (κ2) is 8.51. The van der Waals surface area contributed by atoms with Gasteiger partial charge < -0.3 is 16.4 Å². The minimum Gasteiger partial charge on any atom is -0.397 e. The van der Waals surface area contributed by atoms with Crippen LogP contribution in [-0.4, -0.2) is 28.0 Å². The summed E-state index contributed by atoms with van der Waals surface area (Å²) in [5, 5.41) is 8.63. The minimum absolute atomic E-state index is 0.509. The van der Waals surface area contributed by atoms with E-state index in [-0.39, 0.29) is 0 Å². The first-order chi connectivity index (χ1) is 14.1. The molecule has 2 aromatic carbocycles. The van der Waals surface area contributed by atoms with Crippen LogP contribution in [0.15, 0.2) is 60.8 Å². The van der Waals surface area contributed by atoms with Crippen molar-refractivity contribution in [1.29, 1.82) is 0 Å². The van der Waals surface area contributed by atoms with E-state index in [0.29, 0.717) is 34.6 Å². The zero-order valence-electron chi connectivity index (χ0n) is 15.4. The number of nitrogen functional groups attached to an aromatic ring is 1. The summed E-state index contributed by atoms with van der Waals surface area (Å²) in [4.78, 5) is 13.6. The molecule has 0 aliphatic carbocycles. The van der Waals surface area contributed by atoms with Crippen molar-refractivity contribution in [2.24, 2.45) is 0 Å². The molecule has 2 heterocycles. The Labute approximate surface area is 178 Å². The molecule has 0 bridgehead atoms. The fourth-order valence-corrected chi connectivity index (χ4v) is 3.38. The normalized spacial score (nSPS) is 10.8. The Morgan fingerprint density at radius 2 is 1.72 bits per heavy atom. The van der Waals surface area contributed by atoms with Crippen molar-refractivity contribution in [2.75, 3.05) is 29.5 Å². The number of aromatic nitrogens is 3. The Kier molecular flexibility index (Phi) is 5.64. The van der Waals surface area contributed by atoms with Crippen molar-refractivity contribution in [2.45, 2.75) is 0 Å². The van der Waals surface area contributed by atoms with Crippen LogP contribution in [0.1, 0.15) is 0 Å². The summed E-state index contributed by atoms with van der Waals surface area (Å²) in [5.74, 6) is 2.05. The number of para-hydroxylation sites is 1. The van der Waals surface area contributed by atoms with Crippen LogP contribution < -0.4 is 16.4 Å². The summed E-state index contributed by atoms with van der Waals surface area (Å²) >= 11 is 12.4. The molecule has 146 valence electrons. The Morgan fingerprint density at radius 3 is 2.52 bits per heavy atom. The number of anilines is 3. The third-order valence-corrected chi connectivity index (χ3v) is 4.83. The molecule has 0 amide bonds. The van der Waals surface area contributed by atoms with Crippen molar-refractivity contribution in [1.82, 2.24) is 15.0 Å². The molecule has 0 fully saturated rings. The Hall–Kier alpha value is -3.09. The first-order valence-electron chi connectivity index (χ1n) is 9.01. The summed E-state index contributed by atoms with van der Waals surface area (Å²) in [6.07, 6.45) is 1.62. The molecule has 0 radical (unpaired) electrons. The van der Waals surface area contributed by atoms with Gasteiger partial charge in [-0.25, -0.2) is 15.0 Å². The fraction of sp³-hybridized carbons (Fsp3) is 0.0952. The van der Waals surface area contributed by atoms with E-state index in [1.807, 2.05) is 42.5 Å². The van der Waals surface area contributed by atoms with Gasteiger partial charge in [0.25, 0.3) is 0 Å². The molecule has 0 saturated heterocycles. The van der Waals surface area contributed by atoms with Gasteiger partial charge in [-0.05, 0) is 42.5 Å². The molecular weight excluding hydrogens is 407 g/mol. The lowest BCUT2D eigenvalue weighted by atomic mass is 10.2. The predicted octanol–water partition coefficient (Wildman–Crippen LogP) is 5.10. The maximum Gasteiger partial charge on any atom is 0.163 e. The van der Waals surface area contributed by atoms with Crippen molar-refractivity contribution >= 4 is 51.4 Å². The topological polar surface area (TPSA) is 88.8 Å². The minimum atomic E-state index is 0.509. The van der Waals surface area contributed by atoms with Gasteiger partial charge in [0.05, 0.1) is 22.4 Å². The molecule has 4 N–H and O–H groups in total. The van der Waals surface area contributed by atoms with E-state index in [2.05, 4.69) is 20.6 Å². The average Bonchev–Trinajstić information content (AvgIpc) is 2.72. The van der Waals surface area contributed by atoms with Gasteiger partial charge in [0.15, 0.2) is 5.82 Å². The van der Waals surface area contributed by atoms with Crippen molar-refractivity contribution in [3.63, 3.8) is 0 Å². The quantitative estimate of drug-likeness (QED) is 0.373. The third-order valence-electron chi connectivity index (χ3n) is 4.29. The van der Waals surface area contributed by atoms with Crippen LogP contribution in [0.4, 0.5) is 17.3 Å². The highest BCUT2D eigenvalue weighted by Crippen LogP contribution is 2.31. The Bertz CT molecular complexity index is 1150. The molecule has 0 saturated carbocycles. The maximum absolute atomic E-state index is 6.36. The number of nitrogens with one attached hydrogen (secondary N) is 2. The van der Waals surface area contributed by atoms with E-state index < -0.39 is 0 Å². The van der Waals surface area contributed by atoms with E-state index in [1.54, 1.807) is 18.3 Å². The van der Waals surface area contributed by atoms with Gasteiger partial charge in [-0.15, -0.1) is 0 Å². The molecule has 6 nitrogen and oxygen atoms in total. The number of pyridine rings is 1. The largest absolute Gasteiger partial charge is 0.397 e. The van der Waals surface area contributed by atoms with E-state index in [0.717, 1.165) is 28.1 Å². The van der Waals surface area contributed by atoms with E-state index in [1.165, 1.54) is 0 Å². The molecule has 29 heavy (non-hydrogen) atoms. The zero-order chi connectivity index (χ0) is 20.2. The molecule has 0 spiro atoms. The summed E-state index contributed by atoms with van der Waals surface area (Å²) in [7, 11) is 0. The van der Waals surface area contributed by atoms with Crippen LogP contribution in [0.5, 0.6) is 0 Å². The van der Waals surface area contributed by atoms with Gasteiger partial charge in [-0.2, -0.15) is 0 Å². The number of nitrogens with two attached hydrogens (primary N) is 1. The van der Waals surface area contributed by atoms with Crippen molar-refractivity contribution in [3.8, 4) is 11.4 Å². The van der Waals surface area contributed by atoms with Gasteiger partial charge in [0, 0.05) is 29.1 Å². The summed E-state index contributed by atoms with van der Waals surface area (Å²) in [6.45, 7) is 1.30. The molecule has 0 unspecified atom stereocenters. The predicted molar refractivity (Wildman–Crippen MR) is 121 cm³/mol. The fourth-order valence-electron chi connectivity index (χ4n) is 2.88. The smallest absolute Gasteiger partial charge is 0.163 e. The van der Waals surface area contributed by atoms with Gasteiger partial charge in [-0.3, -0.25) is 0 Å². The zero-order valence-corrected chi connectivity index (χ0v) is 16.9. The number of halogens is 2. The number of benzene rings is 2. The Morgan fingerprint density at radius 1 is 0.897 bits per heavy atom. The molecule has 0 atom stereocenters. The van der Waals surface area contributed by atoms with E-state index >= 15 is 0 Å². The molecule has 4 aromatic rings. The first-order valence-corrected chi connectivity index (χ1v) is 9.77. The van der Waals surface area contributed by atoms with Crippen LogP contribution in [0, 0.1) is 0 Å². The Balaban J connectivity index is 1.56. The number of hydrogen-bond donors (Lipinski definition) is 3. The van der Waals surface area contributed by atoms with E-state index in [9.17, 15) is 0 Å². The highest BCUT2D eigenvalue weighted by Gasteiger charge is 2.12. The number of rotatable bonds is 6. The van der Waals surface area contributed by atoms with Gasteiger partial charge in [-0.1, -0.05) is 35.3 Å². The lowest BCUT2D eigenvalue weighted by Gasteiger charge is -2.12. The summed E-state index contributed by atoms with van der Waals surface area (Å²) < 4.78 is 0. The number of fused-ring (bicyclic) bond motifs is 1. The summed E-state index contributed by atoms with van der Waals surface area (Å²) in [5.41, 5.74) is 7.85. The second-order valence-electron chi connectivity index (χ2n) is 6.37. The maximum atomic E-state index is 6.36. The third kappa shape index (κ3) is 4.50. The van der Waals surface area contributed by atoms with Gasteiger partial charge in [0.2, 0.25) is 0 Å². The second-order valence-corrected chi connectivity index (χ2v) is 7.21. The van der Waals surface area contributed by atoms with Crippen molar-refractivity contribution < 1.29 is 0 Å². The summed E-state index contributed by atoms with van der Waals surface area (Å²) in [6, 6.07) is 16.8. The van der Waals surface area contributed by atoms with E-state index in [4.69, 9.17) is 33.9 Å². The lowest BCUT2D eigenvalue weighted by molar-refractivity contribution is 1.04. The van der Waals surface area contributed by atoms with Crippen LogP contribution in [0.2, 0.25) is 10.0 Å². The molecular formula is C21H18Cl2N6. The van der Waals surface area contributed by atoms with Crippen LogP contribution in [0.25, 0.3) is 22.3 Å². The molecule has 2 aromatic heterocycles. The average molecular weight is 425 g/mol. The van der Waals surface area contributed by atoms with Gasteiger partial charge >= 0.3 is 0 Å². The highest BCUT2D eigenvalue weighted by atomic mass is 35.5. The van der Waals surface area contributed by atoms with Crippen LogP contribution in [-0.2, 0) is 0 Å². The first kappa shape index (κ1) is 19.2. The van der Waals surface area contributed by atoms with Gasteiger partial charge in [0.1, 0.15) is 11.6 Å². The highest BCUT2D eigenvalue weighted by molar-refractivity contribution is 6.36. The molecule has 0 aliphatic rings. The van der Waals surface area contributed by atoms with Crippen LogP contribution >= 0.6 is 23.2 Å². The lowest BCUT2D eigenvalue weighted by Crippen LogP contribution is -2.15. The molecule has 8 heteroatoms. The van der Waals surface area contributed by atoms with Crippen LogP contribution in [0.3, 0.4) is 0 Å².